The third-order valence-corrected chi connectivity index (χ3v) is 6.02. The zero-order valence-corrected chi connectivity index (χ0v) is 15.2. The Bertz CT molecular complexity index is 945. The summed E-state index contributed by atoms with van der Waals surface area (Å²) in [6.07, 6.45) is 3.34. The number of aromatic amines is 1. The molecule has 0 spiro atoms. The Kier molecular flexibility index (Phi) is 4.59. The van der Waals surface area contributed by atoms with Gasteiger partial charge in [-0.25, -0.2) is 8.42 Å². The predicted molar refractivity (Wildman–Crippen MR) is 96.8 cm³/mol. The van der Waals surface area contributed by atoms with Gasteiger partial charge in [0.1, 0.15) is 4.90 Å². The highest BCUT2D eigenvalue weighted by Crippen LogP contribution is 2.28. The van der Waals surface area contributed by atoms with E-state index in [-0.39, 0.29) is 11.4 Å². The van der Waals surface area contributed by atoms with Crippen LogP contribution in [0.5, 0.6) is 0 Å². The molecule has 0 aliphatic rings. The van der Waals surface area contributed by atoms with Gasteiger partial charge in [-0.1, -0.05) is 23.8 Å². The molecule has 0 radical (unpaired) electrons. The summed E-state index contributed by atoms with van der Waals surface area (Å²) in [6, 6.07) is 11.1. The molecule has 0 aliphatic carbocycles. The highest BCUT2D eigenvalue weighted by Gasteiger charge is 2.30. The number of hydrogen-bond donors (Lipinski definition) is 1. The van der Waals surface area contributed by atoms with E-state index in [0.717, 1.165) is 11.1 Å². The van der Waals surface area contributed by atoms with E-state index in [4.69, 9.17) is 0 Å². The maximum absolute atomic E-state index is 13.4. The molecule has 0 aliphatic heterocycles. The molecular formula is C18H20N4O2S. The average molecular weight is 356 g/mol. The molecule has 2 aromatic heterocycles. The minimum absolute atomic E-state index is 0.198. The first-order chi connectivity index (χ1) is 11.9. The number of anilines is 1. The zero-order chi connectivity index (χ0) is 18.0. The van der Waals surface area contributed by atoms with Crippen molar-refractivity contribution < 1.29 is 8.42 Å². The number of aromatic nitrogens is 3. The van der Waals surface area contributed by atoms with Crippen LogP contribution in [0.15, 0.2) is 53.7 Å². The second-order valence-electron chi connectivity index (χ2n) is 5.97. The van der Waals surface area contributed by atoms with Gasteiger partial charge in [0.2, 0.25) is 0 Å². The molecule has 3 rings (SSSR count). The maximum atomic E-state index is 13.4. The molecule has 1 aromatic carbocycles. The fraction of sp³-hybridized carbons (Fsp3) is 0.222. The summed E-state index contributed by atoms with van der Waals surface area (Å²) in [5, 5.41) is 6.79. The van der Waals surface area contributed by atoms with Crippen LogP contribution in [0, 0.1) is 20.8 Å². The molecule has 1 N–H and O–H groups in total. The van der Waals surface area contributed by atoms with Crippen molar-refractivity contribution in [1.82, 2.24) is 15.2 Å². The molecule has 0 unspecified atom stereocenters. The summed E-state index contributed by atoms with van der Waals surface area (Å²) in [4.78, 5) is 4.30. The molecule has 3 aromatic rings. The second kappa shape index (κ2) is 6.68. The third-order valence-electron chi connectivity index (χ3n) is 3.98. The van der Waals surface area contributed by atoms with E-state index < -0.39 is 10.0 Å². The first-order valence-corrected chi connectivity index (χ1v) is 9.33. The largest absolute Gasteiger partial charge is 0.281 e. The Morgan fingerprint density at radius 1 is 1.08 bits per heavy atom. The van der Waals surface area contributed by atoms with Crippen LogP contribution in [0.4, 0.5) is 5.69 Å². The van der Waals surface area contributed by atoms with E-state index in [0.29, 0.717) is 17.1 Å². The fourth-order valence-electron chi connectivity index (χ4n) is 2.71. The molecule has 0 bridgehead atoms. The van der Waals surface area contributed by atoms with Crippen molar-refractivity contribution in [1.29, 1.82) is 0 Å². The predicted octanol–water partition coefficient (Wildman–Crippen LogP) is 3.13. The van der Waals surface area contributed by atoms with Crippen LogP contribution in [0.2, 0.25) is 0 Å². The number of benzene rings is 1. The molecule has 0 amide bonds. The molecule has 0 saturated heterocycles. The SMILES string of the molecule is Cc1ccc(N(Cc2cccnc2)S(=O)(=O)c2c(C)n[nH]c2C)cc1. The number of nitrogens with zero attached hydrogens (tertiary/aromatic N) is 3. The van der Waals surface area contributed by atoms with Gasteiger partial charge >= 0.3 is 0 Å². The van der Waals surface area contributed by atoms with Gasteiger partial charge in [0.15, 0.2) is 0 Å². The molecule has 0 atom stereocenters. The Morgan fingerprint density at radius 2 is 1.80 bits per heavy atom. The van der Waals surface area contributed by atoms with E-state index in [9.17, 15) is 8.42 Å². The van der Waals surface area contributed by atoms with Crippen molar-refractivity contribution >= 4 is 15.7 Å². The number of pyridine rings is 1. The van der Waals surface area contributed by atoms with Gasteiger partial charge in [-0.2, -0.15) is 5.10 Å². The summed E-state index contributed by atoms with van der Waals surface area (Å²) < 4.78 is 28.1. The number of rotatable bonds is 5. The topological polar surface area (TPSA) is 79.0 Å². The van der Waals surface area contributed by atoms with E-state index in [1.54, 1.807) is 32.3 Å². The summed E-state index contributed by atoms with van der Waals surface area (Å²) >= 11 is 0. The minimum Gasteiger partial charge on any atom is -0.281 e. The van der Waals surface area contributed by atoms with Gasteiger partial charge in [-0.3, -0.25) is 14.4 Å². The number of sulfonamides is 1. The Hall–Kier alpha value is -2.67. The zero-order valence-electron chi connectivity index (χ0n) is 14.4. The first kappa shape index (κ1) is 17.2. The van der Waals surface area contributed by atoms with Crippen LogP contribution in [0.1, 0.15) is 22.5 Å². The molecular weight excluding hydrogens is 336 g/mol. The second-order valence-corrected chi connectivity index (χ2v) is 7.77. The minimum atomic E-state index is -3.77. The molecule has 7 heteroatoms. The molecule has 0 fully saturated rings. The summed E-state index contributed by atoms with van der Waals surface area (Å²) in [7, 11) is -3.77. The van der Waals surface area contributed by atoms with Crippen molar-refractivity contribution in [3.63, 3.8) is 0 Å². The van der Waals surface area contributed by atoms with Crippen LogP contribution in [0.25, 0.3) is 0 Å². The van der Waals surface area contributed by atoms with Crippen molar-refractivity contribution in [3.8, 4) is 0 Å². The van der Waals surface area contributed by atoms with Crippen molar-refractivity contribution in [2.45, 2.75) is 32.2 Å². The lowest BCUT2D eigenvalue weighted by Crippen LogP contribution is -2.31. The lowest BCUT2D eigenvalue weighted by atomic mass is 10.2. The summed E-state index contributed by atoms with van der Waals surface area (Å²) in [5.41, 5.74) is 3.47. The number of H-pyrrole nitrogens is 1. The van der Waals surface area contributed by atoms with Crippen LogP contribution >= 0.6 is 0 Å². The van der Waals surface area contributed by atoms with E-state index in [1.165, 1.54) is 4.31 Å². The number of nitrogens with one attached hydrogen (secondary N) is 1. The highest BCUT2D eigenvalue weighted by molar-refractivity contribution is 7.92. The van der Waals surface area contributed by atoms with E-state index >= 15 is 0 Å². The van der Waals surface area contributed by atoms with Gasteiger partial charge in [-0.05, 0) is 44.5 Å². The van der Waals surface area contributed by atoms with Gasteiger partial charge in [-0.15, -0.1) is 0 Å². The Morgan fingerprint density at radius 3 is 2.36 bits per heavy atom. The van der Waals surface area contributed by atoms with Gasteiger partial charge < -0.3 is 0 Å². The first-order valence-electron chi connectivity index (χ1n) is 7.89. The van der Waals surface area contributed by atoms with Crippen molar-refractivity contribution in [3.05, 3.63) is 71.3 Å². The van der Waals surface area contributed by atoms with Crippen LogP contribution in [-0.2, 0) is 16.6 Å². The van der Waals surface area contributed by atoms with Gasteiger partial charge in [0, 0.05) is 12.4 Å². The van der Waals surface area contributed by atoms with Gasteiger partial charge in [0.05, 0.1) is 23.6 Å². The summed E-state index contributed by atoms with van der Waals surface area (Å²) in [5.74, 6) is 0. The number of hydrogen-bond acceptors (Lipinski definition) is 4. The smallest absolute Gasteiger partial charge is 0.268 e. The Labute approximate surface area is 147 Å². The molecule has 0 saturated carbocycles. The quantitative estimate of drug-likeness (QED) is 0.762. The van der Waals surface area contributed by atoms with E-state index in [2.05, 4.69) is 15.2 Å². The third kappa shape index (κ3) is 3.41. The van der Waals surface area contributed by atoms with Crippen LogP contribution in [0.3, 0.4) is 0 Å². The van der Waals surface area contributed by atoms with E-state index in [1.807, 2.05) is 37.3 Å². The van der Waals surface area contributed by atoms with Gasteiger partial charge in [0.25, 0.3) is 10.0 Å². The lowest BCUT2D eigenvalue weighted by molar-refractivity contribution is 0.589. The molecule has 6 nitrogen and oxygen atoms in total. The van der Waals surface area contributed by atoms with Crippen LogP contribution in [-0.4, -0.2) is 23.6 Å². The number of aryl methyl sites for hydroxylation is 3. The van der Waals surface area contributed by atoms with Crippen molar-refractivity contribution in [2.75, 3.05) is 4.31 Å². The monoisotopic (exact) mass is 356 g/mol. The molecule has 2 heterocycles. The fourth-order valence-corrected chi connectivity index (χ4v) is 4.50. The van der Waals surface area contributed by atoms with Crippen molar-refractivity contribution in [2.24, 2.45) is 0 Å². The Balaban J connectivity index is 2.12. The summed E-state index contributed by atoms with van der Waals surface area (Å²) in [6.45, 7) is 5.56. The van der Waals surface area contributed by atoms with Crippen LogP contribution < -0.4 is 4.31 Å². The standard InChI is InChI=1S/C18H20N4O2S/c1-13-6-8-17(9-7-13)22(12-16-5-4-10-19-11-16)25(23,24)18-14(2)20-21-15(18)3/h4-11H,12H2,1-3H3,(H,20,21). The highest BCUT2D eigenvalue weighted by atomic mass is 32.2. The molecule has 25 heavy (non-hydrogen) atoms. The maximum Gasteiger partial charge on any atom is 0.268 e. The molecule has 130 valence electrons. The average Bonchev–Trinajstić information content (AvgIpc) is 2.94. The normalized spacial score (nSPS) is 11.5. The lowest BCUT2D eigenvalue weighted by Gasteiger charge is -2.25.